The van der Waals surface area contributed by atoms with Crippen LogP contribution in [-0.4, -0.2) is 71.4 Å². The molecule has 192 valence electrons. The van der Waals surface area contributed by atoms with Crippen molar-refractivity contribution in [2.24, 2.45) is 7.05 Å². The summed E-state index contributed by atoms with van der Waals surface area (Å²) in [6.07, 6.45) is 0. The summed E-state index contributed by atoms with van der Waals surface area (Å²) >= 11 is 0. The predicted molar refractivity (Wildman–Crippen MR) is 142 cm³/mol. The van der Waals surface area contributed by atoms with Gasteiger partial charge in [-0.1, -0.05) is 31.2 Å². The lowest BCUT2D eigenvalue weighted by Gasteiger charge is -2.32. The van der Waals surface area contributed by atoms with Crippen molar-refractivity contribution < 1.29 is 9.59 Å². The van der Waals surface area contributed by atoms with E-state index in [1.165, 1.54) is 11.1 Å². The molecule has 0 saturated heterocycles. The number of nitrogens with one attached hydrogen (secondary N) is 2. The average molecular weight is 492 g/mol. The van der Waals surface area contributed by atoms with Crippen LogP contribution in [0.4, 0.5) is 5.69 Å². The van der Waals surface area contributed by atoms with Crippen molar-refractivity contribution in [3.05, 3.63) is 58.8 Å². The van der Waals surface area contributed by atoms with Gasteiger partial charge < -0.3 is 15.5 Å². The largest absolute Gasteiger partial charge is 0.353 e. The first-order valence-corrected chi connectivity index (χ1v) is 12.5. The van der Waals surface area contributed by atoms with Crippen molar-refractivity contribution in [3.8, 4) is 0 Å². The first kappa shape index (κ1) is 25.7. The minimum atomic E-state index is -0.112. The molecule has 0 unspecified atom stereocenters. The van der Waals surface area contributed by atoms with Crippen molar-refractivity contribution >= 4 is 28.4 Å². The molecule has 1 aromatic heterocycles. The van der Waals surface area contributed by atoms with E-state index in [4.69, 9.17) is 0 Å². The van der Waals surface area contributed by atoms with Gasteiger partial charge in [0.05, 0.1) is 24.3 Å². The van der Waals surface area contributed by atoms with Crippen molar-refractivity contribution in [2.75, 3.05) is 44.7 Å². The van der Waals surface area contributed by atoms with Crippen LogP contribution >= 0.6 is 0 Å². The molecule has 2 aromatic carbocycles. The molecular weight excluding hydrogens is 454 g/mol. The Morgan fingerprint density at radius 3 is 2.42 bits per heavy atom. The second-order valence-electron chi connectivity index (χ2n) is 9.43. The molecule has 0 bridgehead atoms. The van der Waals surface area contributed by atoms with E-state index in [-0.39, 0.29) is 24.9 Å². The van der Waals surface area contributed by atoms with Gasteiger partial charge in [0.2, 0.25) is 5.91 Å². The van der Waals surface area contributed by atoms with Crippen LogP contribution in [0.5, 0.6) is 0 Å². The molecule has 0 radical (unpaired) electrons. The van der Waals surface area contributed by atoms with E-state index in [2.05, 4.69) is 40.0 Å². The van der Waals surface area contributed by atoms with Gasteiger partial charge >= 0.3 is 0 Å². The number of hydrogen-bond donors (Lipinski definition) is 2. The summed E-state index contributed by atoms with van der Waals surface area (Å²) in [5.74, 6) is -0.176. The Bertz CT molecular complexity index is 1230. The van der Waals surface area contributed by atoms with Crippen molar-refractivity contribution in [3.63, 3.8) is 0 Å². The van der Waals surface area contributed by atoms with Gasteiger partial charge in [0.15, 0.2) is 0 Å². The highest BCUT2D eigenvalue weighted by atomic mass is 16.2. The summed E-state index contributed by atoms with van der Waals surface area (Å²) in [6, 6.07) is 12.4. The lowest BCUT2D eigenvalue weighted by atomic mass is 10.1. The minimum Gasteiger partial charge on any atom is -0.353 e. The second kappa shape index (κ2) is 11.1. The van der Waals surface area contributed by atoms with Crippen LogP contribution in [0, 0.1) is 13.8 Å². The molecule has 2 heterocycles. The van der Waals surface area contributed by atoms with E-state index in [1.54, 1.807) is 5.01 Å². The summed E-state index contributed by atoms with van der Waals surface area (Å²) in [4.78, 5) is 28.2. The molecule has 36 heavy (non-hydrogen) atoms. The zero-order valence-corrected chi connectivity index (χ0v) is 22.0. The zero-order chi connectivity index (χ0) is 25.8. The molecule has 0 saturated carbocycles. The maximum Gasteiger partial charge on any atom is 0.256 e. The highest BCUT2D eigenvalue weighted by Crippen LogP contribution is 2.29. The Balaban J connectivity index is 1.55. The first-order chi connectivity index (χ1) is 17.3. The molecule has 0 fully saturated rings. The molecule has 0 aliphatic carbocycles. The van der Waals surface area contributed by atoms with Crippen LogP contribution in [0.1, 0.15) is 29.3 Å². The standard InChI is InChI=1S/C27H37N7O2/c1-6-28-11-12-29-26(35)17-33(24-14-23-20(3)30-31(4)25(23)13-19(24)2)18-27(36)32(5)34-15-21-9-7-8-10-22(21)16-34/h7-10,13-14,28H,6,11-12,15-18H2,1-5H3,(H,29,35). The third-order valence-corrected chi connectivity index (χ3v) is 6.84. The Morgan fingerprint density at radius 2 is 1.75 bits per heavy atom. The summed E-state index contributed by atoms with van der Waals surface area (Å²) in [7, 11) is 3.74. The molecular formula is C27H37N7O2. The van der Waals surface area contributed by atoms with Gasteiger partial charge in [-0.25, -0.2) is 5.01 Å². The van der Waals surface area contributed by atoms with Gasteiger partial charge in [0, 0.05) is 51.3 Å². The Morgan fingerprint density at radius 1 is 1.06 bits per heavy atom. The van der Waals surface area contributed by atoms with Crippen LogP contribution in [0.3, 0.4) is 0 Å². The number of fused-ring (bicyclic) bond motifs is 2. The second-order valence-corrected chi connectivity index (χ2v) is 9.43. The molecule has 9 nitrogen and oxygen atoms in total. The number of amides is 2. The van der Waals surface area contributed by atoms with Crippen LogP contribution in [0.2, 0.25) is 0 Å². The molecule has 3 aromatic rings. The van der Waals surface area contributed by atoms with E-state index >= 15 is 0 Å². The van der Waals surface area contributed by atoms with Gasteiger partial charge in [-0.2, -0.15) is 5.10 Å². The number of likely N-dealkylation sites (N-methyl/N-ethyl adjacent to an activating group) is 2. The first-order valence-electron chi connectivity index (χ1n) is 12.5. The number of nitrogens with zero attached hydrogens (tertiary/aromatic N) is 5. The van der Waals surface area contributed by atoms with Crippen molar-refractivity contribution in [1.82, 2.24) is 30.4 Å². The Labute approximate surface area is 213 Å². The number of hydrazine groups is 1. The van der Waals surface area contributed by atoms with Gasteiger partial charge in [0.1, 0.15) is 0 Å². The van der Waals surface area contributed by atoms with E-state index < -0.39 is 0 Å². The zero-order valence-electron chi connectivity index (χ0n) is 22.0. The number of rotatable bonds is 10. The number of hydrogen-bond acceptors (Lipinski definition) is 6. The Hall–Kier alpha value is -3.43. The van der Waals surface area contributed by atoms with Gasteiger partial charge in [-0.15, -0.1) is 0 Å². The lowest BCUT2D eigenvalue weighted by Crippen LogP contribution is -2.48. The number of aromatic nitrogens is 2. The van der Waals surface area contributed by atoms with Crippen LogP contribution in [0.25, 0.3) is 10.9 Å². The van der Waals surface area contributed by atoms with E-state index in [0.29, 0.717) is 26.2 Å². The minimum absolute atomic E-state index is 0.0642. The summed E-state index contributed by atoms with van der Waals surface area (Å²) in [5.41, 5.74) is 6.29. The highest BCUT2D eigenvalue weighted by Gasteiger charge is 2.27. The lowest BCUT2D eigenvalue weighted by molar-refractivity contribution is -0.145. The monoisotopic (exact) mass is 491 g/mol. The fourth-order valence-corrected chi connectivity index (χ4v) is 4.79. The van der Waals surface area contributed by atoms with E-state index in [1.807, 2.05) is 61.6 Å². The molecule has 0 spiro atoms. The molecule has 0 atom stereocenters. The molecule has 1 aliphatic heterocycles. The highest BCUT2D eigenvalue weighted by molar-refractivity contribution is 5.91. The Kier molecular flexibility index (Phi) is 7.91. The van der Waals surface area contributed by atoms with E-state index in [9.17, 15) is 9.59 Å². The number of carbonyl (C=O) groups excluding carboxylic acids is 2. The van der Waals surface area contributed by atoms with Gasteiger partial charge in [-0.05, 0) is 49.2 Å². The van der Waals surface area contributed by atoms with Crippen LogP contribution in [-0.2, 0) is 29.7 Å². The fraction of sp³-hybridized carbons (Fsp3) is 0.444. The molecule has 4 rings (SSSR count). The number of benzene rings is 2. The smallest absolute Gasteiger partial charge is 0.256 e. The summed E-state index contributed by atoms with van der Waals surface area (Å²) in [6.45, 7) is 9.71. The molecule has 2 amide bonds. The van der Waals surface area contributed by atoms with Gasteiger partial charge in [0.25, 0.3) is 5.91 Å². The molecule has 2 N–H and O–H groups in total. The van der Waals surface area contributed by atoms with Crippen molar-refractivity contribution in [1.29, 1.82) is 0 Å². The summed E-state index contributed by atoms with van der Waals surface area (Å²) < 4.78 is 1.86. The SMILES string of the molecule is CCNCCNC(=O)CN(CC(=O)N(C)N1Cc2ccccc2C1)c1cc2c(C)nn(C)c2cc1C. The topological polar surface area (TPSA) is 85.7 Å². The van der Waals surface area contributed by atoms with Crippen molar-refractivity contribution in [2.45, 2.75) is 33.9 Å². The molecule has 1 aliphatic rings. The normalized spacial score (nSPS) is 13.1. The maximum atomic E-state index is 13.5. The summed E-state index contributed by atoms with van der Waals surface area (Å²) in [5, 5.41) is 15.5. The maximum absolute atomic E-state index is 13.5. The van der Waals surface area contributed by atoms with Crippen LogP contribution < -0.4 is 15.5 Å². The predicted octanol–water partition coefficient (Wildman–Crippen LogP) is 2.11. The van der Waals surface area contributed by atoms with E-state index in [0.717, 1.165) is 34.4 Å². The average Bonchev–Trinajstić information content (AvgIpc) is 3.40. The van der Waals surface area contributed by atoms with Crippen LogP contribution in [0.15, 0.2) is 36.4 Å². The number of aryl methyl sites for hydroxylation is 3. The number of anilines is 1. The quantitative estimate of drug-likeness (QED) is 0.423. The molecule has 9 heteroatoms. The van der Waals surface area contributed by atoms with Gasteiger partial charge in [-0.3, -0.25) is 19.3 Å². The fourth-order valence-electron chi connectivity index (χ4n) is 4.79. The third-order valence-electron chi connectivity index (χ3n) is 6.84. The number of carbonyl (C=O) groups is 2. The third kappa shape index (κ3) is 5.52.